The van der Waals surface area contributed by atoms with Crippen molar-refractivity contribution in [2.75, 3.05) is 13.1 Å². The lowest BCUT2D eigenvalue weighted by atomic mass is 9.91. The fraction of sp³-hybridized carbons (Fsp3) is 0.615. The van der Waals surface area contributed by atoms with Gasteiger partial charge in [0.25, 0.3) is 0 Å². The average Bonchev–Trinajstić information content (AvgIpc) is 2.29. The van der Waals surface area contributed by atoms with Crippen molar-refractivity contribution in [3.63, 3.8) is 0 Å². The van der Waals surface area contributed by atoms with Crippen LogP contribution < -0.4 is 5.73 Å². The standard InChI is InChI=1S/C13H20ClN3/c1-10(15)11-5-7-17(8-6-11)9-12-3-2-4-13(14)16-12/h2-4,10-11H,5-9,15H2,1H3. The number of hydrogen-bond acceptors (Lipinski definition) is 3. The molecule has 94 valence electrons. The molecule has 1 atom stereocenters. The summed E-state index contributed by atoms with van der Waals surface area (Å²) in [6, 6.07) is 6.12. The summed E-state index contributed by atoms with van der Waals surface area (Å²) >= 11 is 5.88. The molecule has 4 heteroatoms. The van der Waals surface area contributed by atoms with Crippen molar-refractivity contribution in [2.24, 2.45) is 11.7 Å². The normalized spacial score (nSPS) is 20.4. The molecule has 0 aliphatic carbocycles. The van der Waals surface area contributed by atoms with E-state index in [4.69, 9.17) is 17.3 Å². The molecule has 0 spiro atoms. The lowest BCUT2D eigenvalue weighted by Gasteiger charge is -2.33. The second kappa shape index (κ2) is 5.80. The maximum atomic E-state index is 5.94. The second-order valence-corrected chi connectivity index (χ2v) is 5.31. The summed E-state index contributed by atoms with van der Waals surface area (Å²) in [6.07, 6.45) is 2.39. The van der Waals surface area contributed by atoms with E-state index in [1.165, 1.54) is 12.8 Å². The highest BCUT2D eigenvalue weighted by atomic mass is 35.5. The Morgan fingerprint density at radius 3 is 2.76 bits per heavy atom. The summed E-state index contributed by atoms with van der Waals surface area (Å²) in [5, 5.41) is 0.577. The van der Waals surface area contributed by atoms with Gasteiger partial charge in [-0.25, -0.2) is 4.98 Å². The molecule has 1 aromatic rings. The third-order valence-corrected chi connectivity index (χ3v) is 3.74. The van der Waals surface area contributed by atoms with Crippen LogP contribution in [0.2, 0.25) is 5.15 Å². The number of likely N-dealkylation sites (tertiary alicyclic amines) is 1. The maximum Gasteiger partial charge on any atom is 0.129 e. The van der Waals surface area contributed by atoms with Crippen molar-refractivity contribution in [1.82, 2.24) is 9.88 Å². The fourth-order valence-electron chi connectivity index (χ4n) is 2.40. The number of aromatic nitrogens is 1. The molecule has 17 heavy (non-hydrogen) atoms. The van der Waals surface area contributed by atoms with Crippen molar-refractivity contribution in [2.45, 2.75) is 32.4 Å². The van der Waals surface area contributed by atoms with Crippen LogP contribution >= 0.6 is 11.6 Å². The van der Waals surface area contributed by atoms with Crippen molar-refractivity contribution in [1.29, 1.82) is 0 Å². The molecular formula is C13H20ClN3. The van der Waals surface area contributed by atoms with Crippen LogP contribution in [-0.4, -0.2) is 29.0 Å². The number of nitrogens with zero attached hydrogens (tertiary/aromatic N) is 2. The quantitative estimate of drug-likeness (QED) is 0.841. The zero-order valence-corrected chi connectivity index (χ0v) is 11.0. The van der Waals surface area contributed by atoms with E-state index in [1.54, 1.807) is 0 Å². The van der Waals surface area contributed by atoms with Crippen molar-refractivity contribution in [3.8, 4) is 0 Å². The molecule has 1 fully saturated rings. The number of hydrogen-bond donors (Lipinski definition) is 1. The molecule has 0 saturated carbocycles. The summed E-state index contributed by atoms with van der Waals surface area (Å²) < 4.78 is 0. The van der Waals surface area contributed by atoms with Gasteiger partial charge in [-0.2, -0.15) is 0 Å². The second-order valence-electron chi connectivity index (χ2n) is 4.92. The predicted molar refractivity (Wildman–Crippen MR) is 70.9 cm³/mol. The Hall–Kier alpha value is -0.640. The third kappa shape index (κ3) is 3.66. The van der Waals surface area contributed by atoms with E-state index >= 15 is 0 Å². The Balaban J connectivity index is 1.86. The van der Waals surface area contributed by atoms with Crippen molar-refractivity contribution >= 4 is 11.6 Å². The molecule has 0 amide bonds. The van der Waals surface area contributed by atoms with Gasteiger partial charge in [0.1, 0.15) is 5.15 Å². The molecule has 1 unspecified atom stereocenters. The predicted octanol–water partition coefficient (Wildman–Crippen LogP) is 2.29. The van der Waals surface area contributed by atoms with Gasteiger partial charge in [0, 0.05) is 12.6 Å². The minimum atomic E-state index is 0.321. The molecular weight excluding hydrogens is 234 g/mol. The van der Waals surface area contributed by atoms with Crippen LogP contribution in [0.25, 0.3) is 0 Å². The summed E-state index contributed by atoms with van der Waals surface area (Å²) in [7, 11) is 0. The van der Waals surface area contributed by atoms with E-state index in [1.807, 2.05) is 18.2 Å². The fourth-order valence-corrected chi connectivity index (χ4v) is 2.59. The Labute approximate surface area is 108 Å². The van der Waals surface area contributed by atoms with Gasteiger partial charge in [0.2, 0.25) is 0 Å². The average molecular weight is 254 g/mol. The van der Waals surface area contributed by atoms with Gasteiger partial charge in [0.05, 0.1) is 5.69 Å². The summed E-state index contributed by atoms with van der Waals surface area (Å²) in [5.41, 5.74) is 6.99. The van der Waals surface area contributed by atoms with Crippen LogP contribution in [0.4, 0.5) is 0 Å². The van der Waals surface area contributed by atoms with E-state index < -0.39 is 0 Å². The number of piperidine rings is 1. The summed E-state index contributed by atoms with van der Waals surface area (Å²) in [6.45, 7) is 5.23. The molecule has 0 bridgehead atoms. The van der Waals surface area contributed by atoms with Crippen LogP contribution in [0, 0.1) is 5.92 Å². The van der Waals surface area contributed by atoms with Gasteiger partial charge in [-0.15, -0.1) is 0 Å². The number of nitrogens with two attached hydrogens (primary N) is 1. The van der Waals surface area contributed by atoms with E-state index in [9.17, 15) is 0 Å². The molecule has 3 nitrogen and oxygen atoms in total. The van der Waals surface area contributed by atoms with Crippen LogP contribution in [0.15, 0.2) is 18.2 Å². The summed E-state index contributed by atoms with van der Waals surface area (Å²) in [5.74, 6) is 0.679. The molecule has 2 rings (SSSR count). The number of rotatable bonds is 3. The zero-order valence-electron chi connectivity index (χ0n) is 10.3. The van der Waals surface area contributed by atoms with Crippen LogP contribution in [0.5, 0.6) is 0 Å². The smallest absolute Gasteiger partial charge is 0.129 e. The lowest BCUT2D eigenvalue weighted by molar-refractivity contribution is 0.164. The lowest BCUT2D eigenvalue weighted by Crippen LogP contribution is -2.39. The highest BCUT2D eigenvalue weighted by Gasteiger charge is 2.21. The van der Waals surface area contributed by atoms with Gasteiger partial charge in [-0.3, -0.25) is 4.90 Å². The van der Waals surface area contributed by atoms with Crippen molar-refractivity contribution < 1.29 is 0 Å². The Morgan fingerprint density at radius 2 is 2.18 bits per heavy atom. The first kappa shape index (κ1) is 12.8. The number of pyridine rings is 1. The largest absolute Gasteiger partial charge is 0.328 e. The molecule has 1 aliphatic heterocycles. The molecule has 1 aromatic heterocycles. The monoisotopic (exact) mass is 253 g/mol. The molecule has 0 radical (unpaired) electrons. The van der Waals surface area contributed by atoms with Crippen LogP contribution in [0.1, 0.15) is 25.5 Å². The number of halogens is 1. The minimum Gasteiger partial charge on any atom is -0.328 e. The Kier molecular flexibility index (Phi) is 4.37. The molecule has 1 aliphatic rings. The van der Waals surface area contributed by atoms with E-state index in [2.05, 4.69) is 16.8 Å². The van der Waals surface area contributed by atoms with Crippen LogP contribution in [-0.2, 0) is 6.54 Å². The van der Waals surface area contributed by atoms with E-state index in [0.717, 1.165) is 25.3 Å². The maximum absolute atomic E-state index is 5.94. The third-order valence-electron chi connectivity index (χ3n) is 3.53. The van der Waals surface area contributed by atoms with Gasteiger partial charge < -0.3 is 5.73 Å². The molecule has 2 heterocycles. The van der Waals surface area contributed by atoms with Gasteiger partial charge >= 0.3 is 0 Å². The summed E-state index contributed by atoms with van der Waals surface area (Å²) in [4.78, 5) is 6.75. The van der Waals surface area contributed by atoms with E-state index in [0.29, 0.717) is 17.1 Å². The zero-order chi connectivity index (χ0) is 12.3. The topological polar surface area (TPSA) is 42.1 Å². The Bertz CT molecular complexity index is 359. The highest BCUT2D eigenvalue weighted by molar-refractivity contribution is 6.29. The van der Waals surface area contributed by atoms with Gasteiger partial charge in [-0.1, -0.05) is 17.7 Å². The molecule has 2 N–H and O–H groups in total. The van der Waals surface area contributed by atoms with Crippen molar-refractivity contribution in [3.05, 3.63) is 29.0 Å². The first-order valence-corrected chi connectivity index (χ1v) is 6.62. The highest BCUT2D eigenvalue weighted by Crippen LogP contribution is 2.20. The first-order valence-electron chi connectivity index (χ1n) is 6.24. The van der Waals surface area contributed by atoms with Gasteiger partial charge in [0.15, 0.2) is 0 Å². The molecule has 0 aromatic carbocycles. The first-order chi connectivity index (χ1) is 8.15. The molecule has 1 saturated heterocycles. The van der Waals surface area contributed by atoms with E-state index in [-0.39, 0.29) is 0 Å². The Morgan fingerprint density at radius 1 is 1.47 bits per heavy atom. The van der Waals surface area contributed by atoms with Gasteiger partial charge in [-0.05, 0) is 50.9 Å². The minimum absolute atomic E-state index is 0.321. The van der Waals surface area contributed by atoms with Crippen LogP contribution in [0.3, 0.4) is 0 Å². The SMILES string of the molecule is CC(N)C1CCN(Cc2cccc(Cl)n2)CC1.